The van der Waals surface area contributed by atoms with E-state index in [4.69, 9.17) is 27.2 Å². The van der Waals surface area contributed by atoms with E-state index in [0.29, 0.717) is 10.8 Å². The predicted octanol–water partition coefficient (Wildman–Crippen LogP) is 3.57. The average Bonchev–Trinajstić information content (AvgIpc) is 2.34. The third-order valence-corrected chi connectivity index (χ3v) is 3.07. The minimum Gasteiger partial charge on any atom is -0.478 e. The molecule has 19 heavy (non-hydrogen) atoms. The first-order valence-electron chi connectivity index (χ1n) is 5.09. The Labute approximate surface area is 122 Å². The molecule has 0 fully saturated rings. The molecule has 0 saturated heterocycles. The fourth-order valence-corrected chi connectivity index (χ4v) is 2.10. The van der Waals surface area contributed by atoms with Gasteiger partial charge in [-0.3, -0.25) is 0 Å². The number of carboxylic acid groups (broad SMARTS) is 1. The van der Waals surface area contributed by atoms with Crippen LogP contribution in [-0.4, -0.2) is 16.1 Å². The maximum Gasteiger partial charge on any atom is 0.338 e. The van der Waals surface area contributed by atoms with E-state index in [2.05, 4.69) is 20.9 Å². The fourth-order valence-electron chi connectivity index (χ4n) is 1.38. The van der Waals surface area contributed by atoms with Crippen LogP contribution < -0.4 is 10.5 Å². The highest BCUT2D eigenvalue weighted by Crippen LogP contribution is 2.33. The van der Waals surface area contributed by atoms with Gasteiger partial charge in [-0.25, -0.2) is 9.78 Å². The molecule has 2 aromatic rings. The van der Waals surface area contributed by atoms with E-state index >= 15 is 0 Å². The van der Waals surface area contributed by atoms with Gasteiger partial charge in [-0.2, -0.15) is 0 Å². The van der Waals surface area contributed by atoms with Crippen LogP contribution in [0.4, 0.5) is 5.69 Å². The number of aromatic carboxylic acids is 1. The number of nitrogens with zero attached hydrogens (tertiary/aromatic N) is 1. The number of nitrogens with two attached hydrogens (primary N) is 1. The van der Waals surface area contributed by atoms with Crippen molar-refractivity contribution in [2.45, 2.75) is 0 Å². The molecule has 2 rings (SSSR count). The Kier molecular flexibility index (Phi) is 3.92. The van der Waals surface area contributed by atoms with Crippen molar-refractivity contribution in [3.05, 3.63) is 45.5 Å². The molecule has 0 aliphatic rings. The molecule has 0 bridgehead atoms. The zero-order valence-electron chi connectivity index (χ0n) is 9.43. The van der Waals surface area contributed by atoms with Crippen molar-refractivity contribution in [3.8, 4) is 11.6 Å². The number of aromatic nitrogens is 1. The number of hydrogen-bond acceptors (Lipinski definition) is 4. The Balaban J connectivity index is 2.38. The van der Waals surface area contributed by atoms with Crippen LogP contribution >= 0.6 is 27.5 Å². The van der Waals surface area contributed by atoms with Crippen molar-refractivity contribution in [2.24, 2.45) is 0 Å². The Morgan fingerprint density at radius 2 is 2.16 bits per heavy atom. The highest BCUT2D eigenvalue weighted by molar-refractivity contribution is 9.10. The quantitative estimate of drug-likeness (QED) is 0.890. The molecule has 0 atom stereocenters. The monoisotopic (exact) mass is 342 g/mol. The maximum atomic E-state index is 10.9. The summed E-state index contributed by atoms with van der Waals surface area (Å²) < 4.78 is 6.23. The Bertz CT molecular complexity index is 649. The summed E-state index contributed by atoms with van der Waals surface area (Å²) in [6, 6.07) is 6.31. The summed E-state index contributed by atoms with van der Waals surface area (Å²) in [5.41, 5.74) is 5.57. The molecule has 98 valence electrons. The molecule has 0 aliphatic heterocycles. The molecule has 1 aromatic carbocycles. The molecule has 0 radical (unpaired) electrons. The molecular formula is C12H8BrClN2O3. The lowest BCUT2D eigenvalue weighted by atomic mass is 10.2. The summed E-state index contributed by atoms with van der Waals surface area (Å²) in [5, 5.41) is 9.31. The number of pyridine rings is 1. The minimum atomic E-state index is -1.15. The van der Waals surface area contributed by atoms with Gasteiger partial charge in [-0.1, -0.05) is 27.5 Å². The van der Waals surface area contributed by atoms with E-state index in [9.17, 15) is 4.79 Å². The molecule has 0 amide bonds. The van der Waals surface area contributed by atoms with Crippen molar-refractivity contribution >= 4 is 39.2 Å². The van der Waals surface area contributed by atoms with Gasteiger partial charge in [0.2, 0.25) is 5.88 Å². The van der Waals surface area contributed by atoms with E-state index in [1.54, 1.807) is 18.2 Å². The van der Waals surface area contributed by atoms with Crippen molar-refractivity contribution in [1.82, 2.24) is 4.98 Å². The standard InChI is InChI=1S/C12H8BrClN2O3/c13-6-1-2-9(8(14)5-6)19-11-10(15)7(12(17)18)3-4-16-11/h1-5H,15H2,(H,17,18). The number of carbonyl (C=O) groups is 1. The van der Waals surface area contributed by atoms with Gasteiger partial charge in [0.05, 0.1) is 10.6 Å². The zero-order chi connectivity index (χ0) is 14.0. The SMILES string of the molecule is Nc1c(C(=O)O)ccnc1Oc1ccc(Br)cc1Cl. The summed E-state index contributed by atoms with van der Waals surface area (Å²) >= 11 is 9.26. The van der Waals surface area contributed by atoms with Crippen LogP contribution in [0, 0.1) is 0 Å². The van der Waals surface area contributed by atoms with Gasteiger partial charge in [0.15, 0.2) is 0 Å². The Hall–Kier alpha value is -1.79. The van der Waals surface area contributed by atoms with Crippen molar-refractivity contribution in [3.63, 3.8) is 0 Å². The number of ether oxygens (including phenoxy) is 1. The third-order valence-electron chi connectivity index (χ3n) is 2.28. The first-order valence-corrected chi connectivity index (χ1v) is 6.27. The molecule has 7 heteroatoms. The topological polar surface area (TPSA) is 85.4 Å². The molecule has 0 unspecified atom stereocenters. The van der Waals surface area contributed by atoms with E-state index in [1.165, 1.54) is 12.3 Å². The number of hydrogen-bond donors (Lipinski definition) is 2. The molecule has 1 aromatic heterocycles. The molecule has 3 N–H and O–H groups in total. The predicted molar refractivity (Wildman–Crippen MR) is 74.8 cm³/mol. The maximum absolute atomic E-state index is 10.9. The molecule has 0 spiro atoms. The van der Waals surface area contributed by atoms with Gasteiger partial charge in [0.1, 0.15) is 11.4 Å². The van der Waals surface area contributed by atoms with Gasteiger partial charge in [0.25, 0.3) is 0 Å². The second kappa shape index (κ2) is 5.46. The average molecular weight is 344 g/mol. The summed E-state index contributed by atoms with van der Waals surface area (Å²) in [7, 11) is 0. The number of anilines is 1. The zero-order valence-corrected chi connectivity index (χ0v) is 11.8. The van der Waals surface area contributed by atoms with Crippen LogP contribution in [0.5, 0.6) is 11.6 Å². The summed E-state index contributed by atoms with van der Waals surface area (Å²) in [6.07, 6.45) is 1.31. The van der Waals surface area contributed by atoms with Gasteiger partial charge in [0, 0.05) is 10.7 Å². The van der Waals surface area contributed by atoms with Crippen LogP contribution in [0.25, 0.3) is 0 Å². The van der Waals surface area contributed by atoms with E-state index < -0.39 is 5.97 Å². The van der Waals surface area contributed by atoms with Crippen molar-refractivity contribution < 1.29 is 14.6 Å². The molecular weight excluding hydrogens is 336 g/mol. The van der Waals surface area contributed by atoms with Crippen LogP contribution in [0.2, 0.25) is 5.02 Å². The minimum absolute atomic E-state index is 0.00382. The normalized spacial score (nSPS) is 10.2. The Morgan fingerprint density at radius 1 is 1.42 bits per heavy atom. The highest BCUT2D eigenvalue weighted by Gasteiger charge is 2.15. The van der Waals surface area contributed by atoms with E-state index in [0.717, 1.165) is 4.47 Å². The highest BCUT2D eigenvalue weighted by atomic mass is 79.9. The molecule has 0 aliphatic carbocycles. The number of carboxylic acids is 1. The lowest BCUT2D eigenvalue weighted by molar-refractivity contribution is 0.0697. The third kappa shape index (κ3) is 2.97. The molecule has 1 heterocycles. The largest absolute Gasteiger partial charge is 0.478 e. The van der Waals surface area contributed by atoms with Crippen LogP contribution in [-0.2, 0) is 0 Å². The van der Waals surface area contributed by atoms with E-state index in [-0.39, 0.29) is 17.1 Å². The van der Waals surface area contributed by atoms with Gasteiger partial charge < -0.3 is 15.6 Å². The van der Waals surface area contributed by atoms with Crippen molar-refractivity contribution in [2.75, 3.05) is 5.73 Å². The first-order chi connectivity index (χ1) is 8.99. The number of benzene rings is 1. The summed E-state index contributed by atoms with van der Waals surface area (Å²) in [4.78, 5) is 14.8. The van der Waals surface area contributed by atoms with Crippen LogP contribution in [0.15, 0.2) is 34.9 Å². The fraction of sp³-hybridized carbons (Fsp3) is 0. The van der Waals surface area contributed by atoms with Crippen LogP contribution in [0.1, 0.15) is 10.4 Å². The summed E-state index contributed by atoms with van der Waals surface area (Å²) in [5.74, 6) is -0.803. The Morgan fingerprint density at radius 3 is 2.79 bits per heavy atom. The number of halogens is 2. The first kappa shape index (κ1) is 13.6. The summed E-state index contributed by atoms with van der Waals surface area (Å²) in [6.45, 7) is 0. The van der Waals surface area contributed by atoms with E-state index in [1.807, 2.05) is 0 Å². The number of nitrogen functional groups attached to an aromatic ring is 1. The lowest BCUT2D eigenvalue weighted by Gasteiger charge is -2.10. The van der Waals surface area contributed by atoms with Crippen LogP contribution in [0.3, 0.4) is 0 Å². The van der Waals surface area contributed by atoms with Gasteiger partial charge in [-0.15, -0.1) is 0 Å². The lowest BCUT2D eigenvalue weighted by Crippen LogP contribution is -2.05. The second-order valence-electron chi connectivity index (χ2n) is 3.56. The number of rotatable bonds is 3. The van der Waals surface area contributed by atoms with Gasteiger partial charge >= 0.3 is 5.97 Å². The molecule has 5 nitrogen and oxygen atoms in total. The molecule has 0 saturated carbocycles. The van der Waals surface area contributed by atoms with Crippen molar-refractivity contribution in [1.29, 1.82) is 0 Å². The van der Waals surface area contributed by atoms with Gasteiger partial charge in [-0.05, 0) is 24.3 Å². The smallest absolute Gasteiger partial charge is 0.338 e. The second-order valence-corrected chi connectivity index (χ2v) is 4.88.